The summed E-state index contributed by atoms with van der Waals surface area (Å²) in [6.45, 7) is 0. The predicted octanol–water partition coefficient (Wildman–Crippen LogP) is 1.96. The highest BCUT2D eigenvalue weighted by atomic mass is 79.9. The van der Waals surface area contributed by atoms with Crippen molar-refractivity contribution in [2.75, 3.05) is 14.1 Å². The largest absolute Gasteiger partial charge is 0.248 e. The van der Waals surface area contributed by atoms with Crippen LogP contribution in [0.15, 0.2) is 4.52 Å². The Balaban J connectivity index is 0. The predicted molar refractivity (Wildman–Crippen MR) is 43.1 cm³/mol. The minimum absolute atomic E-state index is 0. The maximum atomic E-state index is 3.75. The van der Waals surface area contributed by atoms with Crippen molar-refractivity contribution in [1.82, 2.24) is 4.67 Å². The third-order valence-corrected chi connectivity index (χ3v) is 1.00. The van der Waals surface area contributed by atoms with Gasteiger partial charge in [0.15, 0.2) is 0 Å². The van der Waals surface area contributed by atoms with Gasteiger partial charge < -0.3 is 0 Å². The summed E-state index contributed by atoms with van der Waals surface area (Å²) in [7, 11) is 7.23. The zero-order chi connectivity index (χ0) is 4.99. The molecule has 0 rings (SSSR count). The Morgan fingerprint density at radius 2 is 2.00 bits per heavy atom. The van der Waals surface area contributed by atoms with Crippen LogP contribution >= 0.6 is 34.9 Å². The van der Waals surface area contributed by atoms with Gasteiger partial charge in [-0.1, -0.05) is 0 Å². The zero-order valence-electron chi connectivity index (χ0n) is 4.33. The molecule has 0 aliphatic rings. The molecule has 7 heavy (non-hydrogen) atoms. The number of hydrogen-bond donors (Lipinski definition) is 0. The molecule has 0 fully saturated rings. The van der Waals surface area contributed by atoms with Crippen LogP contribution in [0, 0.1) is 0 Å². The van der Waals surface area contributed by atoms with E-state index < -0.39 is 0 Å². The molecule has 0 saturated heterocycles. The first-order valence-electron chi connectivity index (χ1n) is 1.55. The molecule has 0 saturated carbocycles. The van der Waals surface area contributed by atoms with E-state index in [2.05, 4.69) is 13.9 Å². The number of hydrogen-bond acceptors (Lipinski definition) is 1. The van der Waals surface area contributed by atoms with Gasteiger partial charge in [0.05, 0.1) is 8.52 Å². The smallest absolute Gasteiger partial charge is 0.0962 e. The molecule has 1 unspecified atom stereocenters. The lowest BCUT2D eigenvalue weighted by Gasteiger charge is -1.92. The van der Waals surface area contributed by atoms with Crippen molar-refractivity contribution in [3.63, 3.8) is 0 Å². The molecule has 0 spiro atoms. The molecule has 0 radical (unpaired) electrons. The Hall–Kier alpha value is 0.970. The van der Waals surface area contributed by atoms with Gasteiger partial charge in [-0.2, -0.15) is 0 Å². The van der Waals surface area contributed by atoms with Crippen LogP contribution in [0.2, 0.25) is 0 Å². The Labute approximate surface area is 58.6 Å². The van der Waals surface area contributed by atoms with Crippen LogP contribution in [-0.2, 0) is 0 Å². The van der Waals surface area contributed by atoms with Crippen molar-refractivity contribution < 1.29 is 0 Å². The Bertz CT molecular complexity index is 55.7. The molecule has 1 atom stereocenters. The van der Waals surface area contributed by atoms with E-state index in [0.717, 1.165) is 8.52 Å². The fraction of sp³-hybridized carbons (Fsp3) is 1.00. The van der Waals surface area contributed by atoms with Gasteiger partial charge in [-0.15, -0.1) is 17.0 Å². The van der Waals surface area contributed by atoms with Gasteiger partial charge in [0.25, 0.3) is 0 Å². The van der Waals surface area contributed by atoms with E-state index in [9.17, 15) is 0 Å². The lowest BCUT2D eigenvalue weighted by Crippen LogP contribution is -1.90. The molecule has 0 aliphatic heterocycles. The van der Waals surface area contributed by atoms with Crippen LogP contribution < -0.4 is 0 Å². The third kappa shape index (κ3) is 10.9. The van der Waals surface area contributed by atoms with Crippen LogP contribution in [-0.4, -0.2) is 18.8 Å². The molecule has 0 N–H and O–H groups in total. The molecule has 0 aliphatic carbocycles. The SMILES string of the molecule is Br.CN(C)P=NP. The second kappa shape index (κ2) is 6.97. The van der Waals surface area contributed by atoms with Crippen LogP contribution in [0.25, 0.3) is 0 Å². The van der Waals surface area contributed by atoms with Crippen LogP contribution in [0.4, 0.5) is 0 Å². The normalized spacial score (nSPS) is 9.71. The maximum Gasteiger partial charge on any atom is 0.0962 e. The first-order chi connectivity index (χ1) is 2.77. The summed E-state index contributed by atoms with van der Waals surface area (Å²) in [6.07, 6.45) is 0. The topological polar surface area (TPSA) is 15.6 Å². The molecule has 0 heterocycles. The van der Waals surface area contributed by atoms with E-state index in [-0.39, 0.29) is 17.0 Å². The molecule has 2 nitrogen and oxygen atoms in total. The average molecular weight is 203 g/mol. The lowest BCUT2D eigenvalue weighted by molar-refractivity contribution is 0.697. The van der Waals surface area contributed by atoms with Crippen molar-refractivity contribution in [3.8, 4) is 0 Å². The molecule has 0 bridgehead atoms. The van der Waals surface area contributed by atoms with Crippen molar-refractivity contribution in [2.24, 2.45) is 4.52 Å². The van der Waals surface area contributed by atoms with Crippen LogP contribution in [0.3, 0.4) is 0 Å². The van der Waals surface area contributed by atoms with Crippen LogP contribution in [0.1, 0.15) is 0 Å². The summed E-state index contributed by atoms with van der Waals surface area (Å²) < 4.78 is 5.72. The van der Waals surface area contributed by atoms with Gasteiger partial charge in [-0.05, 0) is 23.5 Å². The molecule has 0 aromatic heterocycles. The molecule has 0 aromatic rings. The first-order valence-corrected chi connectivity index (χ1v) is 2.87. The van der Waals surface area contributed by atoms with Gasteiger partial charge in [0.2, 0.25) is 0 Å². The highest BCUT2D eigenvalue weighted by Crippen LogP contribution is 2.04. The number of rotatable bonds is 1. The molecule has 5 heteroatoms. The Morgan fingerprint density at radius 1 is 1.57 bits per heavy atom. The van der Waals surface area contributed by atoms with Crippen LogP contribution in [0.5, 0.6) is 0 Å². The number of halogens is 1. The Morgan fingerprint density at radius 3 is 2.00 bits per heavy atom. The van der Waals surface area contributed by atoms with Crippen molar-refractivity contribution in [2.45, 2.75) is 0 Å². The average Bonchev–Trinajstić information content (AvgIpc) is 1.35. The van der Waals surface area contributed by atoms with Crippen molar-refractivity contribution in [3.05, 3.63) is 0 Å². The van der Waals surface area contributed by atoms with Crippen molar-refractivity contribution in [1.29, 1.82) is 0 Å². The van der Waals surface area contributed by atoms with Gasteiger partial charge in [-0.3, -0.25) is 0 Å². The lowest BCUT2D eigenvalue weighted by atomic mass is 11.3. The third-order valence-electron chi connectivity index (χ3n) is 0.231. The summed E-state index contributed by atoms with van der Waals surface area (Å²) in [4.78, 5) is 0. The van der Waals surface area contributed by atoms with E-state index in [0.29, 0.717) is 0 Å². The first kappa shape index (κ1) is 10.9. The fourth-order valence-electron chi connectivity index (χ4n) is 0.103. The fourth-order valence-corrected chi connectivity index (χ4v) is 0.930. The van der Waals surface area contributed by atoms with Gasteiger partial charge in [0, 0.05) is 0 Å². The summed E-state index contributed by atoms with van der Waals surface area (Å²) in [6, 6.07) is 0. The second-order valence-corrected chi connectivity index (χ2v) is 2.95. The highest BCUT2D eigenvalue weighted by Gasteiger charge is 1.72. The van der Waals surface area contributed by atoms with E-state index in [1.54, 1.807) is 0 Å². The summed E-state index contributed by atoms with van der Waals surface area (Å²) >= 11 is 0. The standard InChI is InChI=1S/C2H8N2P2.BrH/c1-4(2)6-3-5;/h5H2,1-2H3;1H. The summed E-state index contributed by atoms with van der Waals surface area (Å²) in [5.41, 5.74) is 0. The van der Waals surface area contributed by atoms with Gasteiger partial charge >= 0.3 is 0 Å². The van der Waals surface area contributed by atoms with E-state index >= 15 is 0 Å². The quantitative estimate of drug-likeness (QED) is 0.594. The summed E-state index contributed by atoms with van der Waals surface area (Å²) in [5, 5.41) is 0. The molecule has 44 valence electrons. The zero-order valence-corrected chi connectivity index (χ0v) is 8.09. The number of nitrogens with zero attached hydrogens (tertiary/aromatic N) is 2. The molecule has 0 amide bonds. The van der Waals surface area contributed by atoms with Gasteiger partial charge in [-0.25, -0.2) is 9.19 Å². The molecular formula is C2H9BrN2P2. The van der Waals surface area contributed by atoms with Crippen molar-refractivity contribution >= 4 is 34.9 Å². The highest BCUT2D eigenvalue weighted by molar-refractivity contribution is 8.93. The van der Waals surface area contributed by atoms with E-state index in [4.69, 9.17) is 0 Å². The minimum Gasteiger partial charge on any atom is -0.248 e. The minimum atomic E-state index is 0. The monoisotopic (exact) mass is 202 g/mol. The second-order valence-electron chi connectivity index (χ2n) is 1.05. The molecular weight excluding hydrogens is 194 g/mol. The summed E-state index contributed by atoms with van der Waals surface area (Å²) in [5.74, 6) is 0. The van der Waals surface area contributed by atoms with Gasteiger partial charge in [0.1, 0.15) is 0 Å². The molecule has 0 aromatic carbocycles. The Kier molecular flexibility index (Phi) is 10.8. The van der Waals surface area contributed by atoms with E-state index in [1.165, 1.54) is 0 Å². The van der Waals surface area contributed by atoms with E-state index in [1.807, 2.05) is 18.8 Å². The maximum absolute atomic E-state index is 3.75.